The van der Waals surface area contributed by atoms with Crippen molar-refractivity contribution in [2.75, 3.05) is 5.75 Å². The minimum Gasteiger partial charge on any atom is -0.268 e. The molecule has 0 saturated carbocycles. The molecule has 0 aliphatic carbocycles. The number of thioether (sulfide) groups is 1. The van der Waals surface area contributed by atoms with Gasteiger partial charge in [-0.25, -0.2) is 4.98 Å². The molecule has 0 saturated heterocycles. The average molecular weight is 345 g/mol. The highest BCUT2D eigenvalue weighted by atomic mass is 32.2. The Labute approximate surface area is 144 Å². The van der Waals surface area contributed by atoms with E-state index in [2.05, 4.69) is 20.8 Å². The van der Waals surface area contributed by atoms with Gasteiger partial charge in [0.1, 0.15) is 4.83 Å². The molecule has 0 aliphatic rings. The number of hydrogen-bond acceptors (Lipinski definition) is 4. The Kier molecular flexibility index (Phi) is 4.60. The lowest BCUT2D eigenvalue weighted by Gasteiger charge is -2.13. The van der Waals surface area contributed by atoms with Crippen LogP contribution in [0.2, 0.25) is 0 Å². The number of aromatic nitrogens is 2. The fraction of sp³-hybridized carbons (Fsp3) is 0.333. The Morgan fingerprint density at radius 1 is 1.22 bits per heavy atom. The Morgan fingerprint density at radius 2 is 1.91 bits per heavy atom. The predicted molar refractivity (Wildman–Crippen MR) is 100 cm³/mol. The maximum absolute atomic E-state index is 13.1. The molecule has 5 heteroatoms. The first-order valence-corrected chi connectivity index (χ1v) is 9.50. The molecule has 2 aromatic heterocycles. The molecule has 23 heavy (non-hydrogen) atoms. The van der Waals surface area contributed by atoms with Crippen LogP contribution < -0.4 is 5.56 Å². The molecule has 0 fully saturated rings. The Hall–Kier alpha value is -1.59. The zero-order valence-electron chi connectivity index (χ0n) is 13.8. The average Bonchev–Trinajstić information content (AvgIpc) is 2.81. The monoisotopic (exact) mass is 344 g/mol. The maximum atomic E-state index is 13.1. The molecule has 0 spiro atoms. The van der Waals surface area contributed by atoms with E-state index in [4.69, 9.17) is 4.98 Å². The van der Waals surface area contributed by atoms with Gasteiger partial charge in [0.25, 0.3) is 5.56 Å². The van der Waals surface area contributed by atoms with E-state index in [0.717, 1.165) is 37.3 Å². The standard InChI is InChI=1S/C18H20N2OS2/c1-11(2)10-22-18-19-16-15(12(3)13(4)23-16)17(21)20(18)14-8-6-5-7-9-14/h5-9,11H,10H2,1-4H3. The summed E-state index contributed by atoms with van der Waals surface area (Å²) < 4.78 is 1.76. The first-order chi connectivity index (χ1) is 11.0. The number of benzene rings is 1. The van der Waals surface area contributed by atoms with Crippen molar-refractivity contribution in [3.8, 4) is 5.69 Å². The Morgan fingerprint density at radius 3 is 2.57 bits per heavy atom. The van der Waals surface area contributed by atoms with Gasteiger partial charge in [0.2, 0.25) is 0 Å². The zero-order chi connectivity index (χ0) is 16.6. The smallest absolute Gasteiger partial charge is 0.267 e. The zero-order valence-corrected chi connectivity index (χ0v) is 15.4. The van der Waals surface area contributed by atoms with E-state index in [0.29, 0.717) is 5.92 Å². The van der Waals surface area contributed by atoms with E-state index in [9.17, 15) is 4.79 Å². The third kappa shape index (κ3) is 3.08. The molecule has 0 atom stereocenters. The highest BCUT2D eigenvalue weighted by Crippen LogP contribution is 2.30. The number of hydrogen-bond donors (Lipinski definition) is 0. The molecule has 0 aliphatic heterocycles. The summed E-state index contributed by atoms with van der Waals surface area (Å²) in [5.74, 6) is 1.48. The molecule has 120 valence electrons. The van der Waals surface area contributed by atoms with Crippen LogP contribution in [0.4, 0.5) is 0 Å². The summed E-state index contributed by atoms with van der Waals surface area (Å²) in [6.07, 6.45) is 0. The SMILES string of the molecule is Cc1sc2nc(SCC(C)C)n(-c3ccccc3)c(=O)c2c1C. The van der Waals surface area contributed by atoms with E-state index in [1.807, 2.05) is 37.3 Å². The third-order valence-electron chi connectivity index (χ3n) is 3.73. The largest absolute Gasteiger partial charge is 0.268 e. The van der Waals surface area contributed by atoms with Gasteiger partial charge in [-0.15, -0.1) is 11.3 Å². The van der Waals surface area contributed by atoms with Crippen molar-refractivity contribution in [3.63, 3.8) is 0 Å². The Balaban J connectivity index is 2.29. The molecule has 1 aromatic carbocycles. The van der Waals surface area contributed by atoms with Gasteiger partial charge in [0.15, 0.2) is 5.16 Å². The van der Waals surface area contributed by atoms with Gasteiger partial charge >= 0.3 is 0 Å². The molecule has 3 aromatic rings. The van der Waals surface area contributed by atoms with Crippen LogP contribution in [0.3, 0.4) is 0 Å². The summed E-state index contributed by atoms with van der Waals surface area (Å²) in [6, 6.07) is 9.79. The first kappa shape index (κ1) is 16.3. The van der Waals surface area contributed by atoms with E-state index < -0.39 is 0 Å². The lowest BCUT2D eigenvalue weighted by atomic mass is 10.2. The minimum absolute atomic E-state index is 0.0364. The van der Waals surface area contributed by atoms with Crippen LogP contribution >= 0.6 is 23.1 Å². The minimum atomic E-state index is 0.0364. The fourth-order valence-electron chi connectivity index (χ4n) is 2.42. The molecule has 0 N–H and O–H groups in total. The molecule has 3 nitrogen and oxygen atoms in total. The highest BCUT2D eigenvalue weighted by molar-refractivity contribution is 7.99. The molecule has 0 bridgehead atoms. The van der Waals surface area contributed by atoms with Gasteiger partial charge in [0.05, 0.1) is 11.1 Å². The first-order valence-electron chi connectivity index (χ1n) is 7.70. The number of thiophene rings is 1. The molecule has 0 amide bonds. The summed E-state index contributed by atoms with van der Waals surface area (Å²) in [5.41, 5.74) is 1.96. The van der Waals surface area contributed by atoms with Crippen molar-refractivity contribution in [1.29, 1.82) is 0 Å². The number of para-hydroxylation sites is 1. The predicted octanol–water partition coefficient (Wildman–Crippen LogP) is 4.81. The lowest BCUT2D eigenvalue weighted by molar-refractivity contribution is 0.742. The molecular formula is C18H20N2OS2. The van der Waals surface area contributed by atoms with Crippen molar-refractivity contribution in [3.05, 3.63) is 51.1 Å². The van der Waals surface area contributed by atoms with E-state index in [1.165, 1.54) is 0 Å². The number of aryl methyl sites for hydroxylation is 2. The van der Waals surface area contributed by atoms with Crippen LogP contribution in [0.25, 0.3) is 15.9 Å². The number of fused-ring (bicyclic) bond motifs is 1. The van der Waals surface area contributed by atoms with E-state index in [1.54, 1.807) is 27.7 Å². The molecule has 2 heterocycles. The number of nitrogens with zero attached hydrogens (tertiary/aromatic N) is 2. The lowest BCUT2D eigenvalue weighted by Crippen LogP contribution is -2.21. The van der Waals surface area contributed by atoms with Gasteiger partial charge in [-0.2, -0.15) is 0 Å². The molecule has 0 unspecified atom stereocenters. The highest BCUT2D eigenvalue weighted by Gasteiger charge is 2.18. The van der Waals surface area contributed by atoms with Gasteiger partial charge in [-0.05, 0) is 37.5 Å². The normalized spacial score (nSPS) is 11.5. The van der Waals surface area contributed by atoms with Crippen LogP contribution in [-0.4, -0.2) is 15.3 Å². The quantitative estimate of drug-likeness (QED) is 0.503. The third-order valence-corrected chi connectivity index (χ3v) is 6.20. The second-order valence-corrected chi connectivity index (χ2v) is 8.23. The summed E-state index contributed by atoms with van der Waals surface area (Å²) >= 11 is 3.26. The van der Waals surface area contributed by atoms with Crippen molar-refractivity contribution in [2.24, 2.45) is 5.92 Å². The van der Waals surface area contributed by atoms with Crippen LogP contribution in [0.1, 0.15) is 24.3 Å². The molecule has 0 radical (unpaired) electrons. The van der Waals surface area contributed by atoms with Crippen LogP contribution in [0, 0.1) is 19.8 Å². The summed E-state index contributed by atoms with van der Waals surface area (Å²) in [6.45, 7) is 8.41. The van der Waals surface area contributed by atoms with Crippen molar-refractivity contribution in [1.82, 2.24) is 9.55 Å². The van der Waals surface area contributed by atoms with Crippen molar-refractivity contribution in [2.45, 2.75) is 32.9 Å². The van der Waals surface area contributed by atoms with Crippen LogP contribution in [0.5, 0.6) is 0 Å². The van der Waals surface area contributed by atoms with E-state index >= 15 is 0 Å². The van der Waals surface area contributed by atoms with E-state index in [-0.39, 0.29) is 5.56 Å². The van der Waals surface area contributed by atoms with Gasteiger partial charge in [-0.3, -0.25) is 9.36 Å². The fourth-order valence-corrected chi connectivity index (χ4v) is 4.45. The second kappa shape index (κ2) is 6.49. The summed E-state index contributed by atoms with van der Waals surface area (Å²) in [4.78, 5) is 20.0. The van der Waals surface area contributed by atoms with Crippen molar-refractivity contribution >= 4 is 33.3 Å². The summed E-state index contributed by atoms with van der Waals surface area (Å²) in [7, 11) is 0. The van der Waals surface area contributed by atoms with Gasteiger partial charge in [-0.1, -0.05) is 43.8 Å². The summed E-state index contributed by atoms with van der Waals surface area (Å²) in [5, 5.41) is 1.54. The van der Waals surface area contributed by atoms with Gasteiger partial charge < -0.3 is 0 Å². The van der Waals surface area contributed by atoms with Crippen LogP contribution in [-0.2, 0) is 0 Å². The Bertz CT molecular complexity index is 895. The number of rotatable bonds is 4. The van der Waals surface area contributed by atoms with Crippen molar-refractivity contribution < 1.29 is 0 Å². The molecule has 3 rings (SSSR count). The topological polar surface area (TPSA) is 34.9 Å². The van der Waals surface area contributed by atoms with Crippen LogP contribution in [0.15, 0.2) is 40.3 Å². The second-order valence-electron chi connectivity index (χ2n) is 6.04. The maximum Gasteiger partial charge on any atom is 0.267 e. The molecular weight excluding hydrogens is 324 g/mol. The van der Waals surface area contributed by atoms with Gasteiger partial charge in [0, 0.05) is 10.6 Å².